The van der Waals surface area contributed by atoms with E-state index in [1.807, 2.05) is 24.3 Å². The molecule has 0 amide bonds. The molecule has 0 N–H and O–H groups in total. The van der Waals surface area contributed by atoms with Crippen molar-refractivity contribution in [1.82, 2.24) is 4.31 Å². The number of hydrogen-bond acceptors (Lipinski definition) is 6. The molecule has 9 heteroatoms. The van der Waals surface area contributed by atoms with Gasteiger partial charge in [0, 0.05) is 13.1 Å². The number of rotatable bonds is 7. The van der Waals surface area contributed by atoms with E-state index in [1.54, 1.807) is 0 Å². The molecule has 0 aromatic heterocycles. The first-order chi connectivity index (χ1) is 17.6. The highest BCUT2D eigenvalue weighted by Gasteiger charge is 2.34. The Bertz CT molecular complexity index is 1260. The Balaban J connectivity index is 1.42. The third-order valence-electron chi connectivity index (χ3n) is 7.46. The average Bonchev–Trinajstić information content (AvgIpc) is 2.87. The molecule has 200 valence electrons. The monoisotopic (exact) mass is 547 g/mol. The van der Waals surface area contributed by atoms with Crippen molar-refractivity contribution in [2.75, 3.05) is 13.2 Å². The Hall–Kier alpha value is -2.42. The second kappa shape index (κ2) is 11.5. The Kier molecular flexibility index (Phi) is 8.61. The lowest BCUT2D eigenvalue weighted by Gasteiger charge is -2.36. The fraction of sp³-hybridized carbons (Fsp3) is 0.500. The largest absolute Gasteiger partial charge is 0.460 e. The third-order valence-corrected chi connectivity index (χ3v) is 9.63. The lowest BCUT2D eigenvalue weighted by Crippen LogP contribution is -2.37. The molecule has 0 unspecified atom stereocenters. The van der Waals surface area contributed by atoms with Gasteiger partial charge in [0.1, 0.15) is 6.10 Å². The first kappa shape index (κ1) is 27.6. The third kappa shape index (κ3) is 6.36. The van der Waals surface area contributed by atoms with Gasteiger partial charge in [-0.3, -0.25) is 0 Å². The smallest absolute Gasteiger partial charge is 0.344 e. The SMILES string of the molecule is CC(C)[C@H]1CC[C@@H](C)C[C@H]1OC(=O)COC(=O)c1cc(S(=O)(=O)N2CCc3ccccc3C2)ccc1Cl. The molecular formula is C28H34ClNO6S. The predicted molar refractivity (Wildman–Crippen MR) is 141 cm³/mol. The first-order valence-electron chi connectivity index (χ1n) is 12.8. The number of nitrogens with zero attached hydrogens (tertiary/aromatic N) is 1. The Morgan fingerprint density at radius 3 is 2.57 bits per heavy atom. The van der Waals surface area contributed by atoms with Crippen LogP contribution < -0.4 is 0 Å². The second-order valence-electron chi connectivity index (χ2n) is 10.4. The molecule has 1 fully saturated rings. The van der Waals surface area contributed by atoms with Gasteiger partial charge >= 0.3 is 11.9 Å². The fourth-order valence-corrected chi connectivity index (χ4v) is 6.94. The Morgan fingerprint density at radius 2 is 1.84 bits per heavy atom. The summed E-state index contributed by atoms with van der Waals surface area (Å²) >= 11 is 6.21. The van der Waals surface area contributed by atoms with E-state index in [9.17, 15) is 18.0 Å². The van der Waals surface area contributed by atoms with Gasteiger partial charge in [-0.15, -0.1) is 0 Å². The van der Waals surface area contributed by atoms with Crippen LogP contribution in [0.2, 0.25) is 5.02 Å². The van der Waals surface area contributed by atoms with Crippen LogP contribution in [0, 0.1) is 17.8 Å². The van der Waals surface area contributed by atoms with Gasteiger partial charge in [-0.25, -0.2) is 18.0 Å². The summed E-state index contributed by atoms with van der Waals surface area (Å²) < 4.78 is 38.9. The Labute approximate surface area is 224 Å². The number of ether oxygens (including phenoxy) is 2. The molecule has 0 bridgehead atoms. The molecule has 1 aliphatic heterocycles. The van der Waals surface area contributed by atoms with E-state index in [0.717, 1.165) is 30.4 Å². The minimum atomic E-state index is -3.87. The molecule has 7 nitrogen and oxygen atoms in total. The molecule has 0 radical (unpaired) electrons. The maximum absolute atomic E-state index is 13.3. The van der Waals surface area contributed by atoms with Crippen molar-refractivity contribution in [2.24, 2.45) is 17.8 Å². The van der Waals surface area contributed by atoms with Gasteiger partial charge in [0.15, 0.2) is 6.61 Å². The van der Waals surface area contributed by atoms with Crippen LogP contribution >= 0.6 is 11.6 Å². The standard InChI is InChI=1S/C28H34ClNO6S/c1-18(2)23-10-8-19(3)14-26(23)36-27(31)17-35-28(32)24-15-22(9-11-25(24)29)37(33,34)30-13-12-20-6-4-5-7-21(20)16-30/h4-7,9,11,15,18-19,23,26H,8,10,12-14,16-17H2,1-3H3/t19-,23-,26-/m1/s1. The van der Waals surface area contributed by atoms with Gasteiger partial charge < -0.3 is 9.47 Å². The van der Waals surface area contributed by atoms with E-state index >= 15 is 0 Å². The summed E-state index contributed by atoms with van der Waals surface area (Å²) in [7, 11) is -3.87. The van der Waals surface area contributed by atoms with E-state index in [-0.39, 0.29) is 34.0 Å². The maximum Gasteiger partial charge on any atom is 0.344 e. The molecule has 1 aliphatic carbocycles. The molecule has 2 aliphatic rings. The van der Waals surface area contributed by atoms with Crippen LogP contribution in [0.1, 0.15) is 61.5 Å². The van der Waals surface area contributed by atoms with Crippen LogP contribution in [-0.2, 0) is 37.3 Å². The number of hydrogen-bond donors (Lipinski definition) is 0. The summed E-state index contributed by atoms with van der Waals surface area (Å²) in [6.45, 7) is 6.41. The van der Waals surface area contributed by atoms with Gasteiger partial charge in [-0.1, -0.05) is 63.1 Å². The van der Waals surface area contributed by atoms with Crippen molar-refractivity contribution >= 4 is 33.6 Å². The number of benzene rings is 2. The van der Waals surface area contributed by atoms with Crippen LogP contribution in [0.4, 0.5) is 0 Å². The number of fused-ring (bicyclic) bond motifs is 1. The van der Waals surface area contributed by atoms with Crippen molar-refractivity contribution in [3.05, 3.63) is 64.2 Å². The van der Waals surface area contributed by atoms with E-state index < -0.39 is 28.6 Å². The number of esters is 2. The molecular weight excluding hydrogens is 514 g/mol. The zero-order valence-corrected chi connectivity index (χ0v) is 23.1. The normalized spacial score (nSPS) is 22.4. The van der Waals surface area contributed by atoms with Gasteiger partial charge in [0.25, 0.3) is 0 Å². The molecule has 3 atom stereocenters. The molecule has 1 saturated carbocycles. The molecule has 2 aromatic rings. The van der Waals surface area contributed by atoms with Crippen LogP contribution in [0.15, 0.2) is 47.4 Å². The highest BCUT2D eigenvalue weighted by molar-refractivity contribution is 7.89. The van der Waals surface area contributed by atoms with Crippen molar-refractivity contribution in [3.8, 4) is 0 Å². The number of carbonyl (C=O) groups excluding carboxylic acids is 2. The summed E-state index contributed by atoms with van der Waals surface area (Å²) in [6, 6.07) is 11.7. The van der Waals surface area contributed by atoms with E-state index in [4.69, 9.17) is 21.1 Å². The average molecular weight is 548 g/mol. The van der Waals surface area contributed by atoms with Crippen molar-refractivity contribution in [3.63, 3.8) is 0 Å². The van der Waals surface area contributed by atoms with E-state index in [0.29, 0.717) is 24.8 Å². The van der Waals surface area contributed by atoms with Gasteiger partial charge in [-0.05, 0) is 66.3 Å². The first-order valence-corrected chi connectivity index (χ1v) is 14.6. The minimum Gasteiger partial charge on any atom is -0.460 e. The summed E-state index contributed by atoms with van der Waals surface area (Å²) in [6.07, 6.45) is 3.29. The van der Waals surface area contributed by atoms with Gasteiger partial charge in [0.05, 0.1) is 15.5 Å². The van der Waals surface area contributed by atoms with Gasteiger partial charge in [-0.2, -0.15) is 4.31 Å². The van der Waals surface area contributed by atoms with Crippen molar-refractivity contribution < 1.29 is 27.5 Å². The lowest BCUT2D eigenvalue weighted by atomic mass is 9.75. The van der Waals surface area contributed by atoms with E-state index in [2.05, 4.69) is 20.8 Å². The quantitative estimate of drug-likeness (QED) is 0.440. The second-order valence-corrected chi connectivity index (χ2v) is 12.8. The van der Waals surface area contributed by atoms with Crippen LogP contribution in [0.25, 0.3) is 0 Å². The van der Waals surface area contributed by atoms with Crippen molar-refractivity contribution in [1.29, 1.82) is 0 Å². The van der Waals surface area contributed by atoms with Crippen LogP contribution in [0.5, 0.6) is 0 Å². The zero-order chi connectivity index (χ0) is 26.7. The Morgan fingerprint density at radius 1 is 1.11 bits per heavy atom. The number of halogens is 1. The molecule has 37 heavy (non-hydrogen) atoms. The minimum absolute atomic E-state index is 0.0438. The summed E-state index contributed by atoms with van der Waals surface area (Å²) in [5, 5.41) is 0.0438. The summed E-state index contributed by atoms with van der Waals surface area (Å²) in [5.74, 6) is -0.378. The van der Waals surface area contributed by atoms with E-state index in [1.165, 1.54) is 22.5 Å². The maximum atomic E-state index is 13.3. The number of sulfonamides is 1. The molecule has 0 saturated heterocycles. The summed E-state index contributed by atoms with van der Waals surface area (Å²) in [5.41, 5.74) is 1.97. The van der Waals surface area contributed by atoms with Crippen molar-refractivity contribution in [2.45, 2.75) is 64.0 Å². The number of carbonyl (C=O) groups is 2. The highest BCUT2D eigenvalue weighted by atomic mass is 35.5. The summed E-state index contributed by atoms with van der Waals surface area (Å²) in [4.78, 5) is 25.2. The fourth-order valence-electron chi connectivity index (χ4n) is 5.30. The zero-order valence-electron chi connectivity index (χ0n) is 21.5. The molecule has 4 rings (SSSR count). The van der Waals surface area contributed by atoms with Crippen LogP contribution in [-0.4, -0.2) is 43.9 Å². The predicted octanol–water partition coefficient (Wildman–Crippen LogP) is 5.25. The van der Waals surface area contributed by atoms with Crippen LogP contribution in [0.3, 0.4) is 0 Å². The molecule has 1 heterocycles. The molecule has 0 spiro atoms. The lowest BCUT2D eigenvalue weighted by molar-refractivity contribution is -0.159. The molecule has 2 aromatic carbocycles. The highest BCUT2D eigenvalue weighted by Crippen LogP contribution is 2.35. The van der Waals surface area contributed by atoms with Gasteiger partial charge in [0.2, 0.25) is 10.0 Å². The topological polar surface area (TPSA) is 90.0 Å².